The molecule has 188 valence electrons. The summed E-state index contributed by atoms with van der Waals surface area (Å²) in [5.74, 6) is -0.628. The molecular formula is C25H30Cl2N4O4. The summed E-state index contributed by atoms with van der Waals surface area (Å²) in [6, 6.07) is 5.33. The Hall–Kier alpha value is -2.50. The lowest BCUT2D eigenvalue weighted by Crippen LogP contribution is -2.53. The van der Waals surface area contributed by atoms with Crippen LogP contribution >= 0.6 is 23.2 Å². The Morgan fingerprint density at radius 1 is 1.31 bits per heavy atom. The summed E-state index contributed by atoms with van der Waals surface area (Å²) in [6.07, 6.45) is 0.823. The van der Waals surface area contributed by atoms with Gasteiger partial charge in [-0.25, -0.2) is 0 Å². The fourth-order valence-corrected chi connectivity index (χ4v) is 6.19. The Morgan fingerprint density at radius 3 is 2.63 bits per heavy atom. The molecule has 1 aliphatic carbocycles. The third kappa shape index (κ3) is 5.07. The number of benzene rings is 1. The van der Waals surface area contributed by atoms with Crippen molar-refractivity contribution >= 4 is 40.9 Å². The third-order valence-corrected chi connectivity index (χ3v) is 8.15. The normalized spacial score (nSPS) is 28.5. The first kappa shape index (κ1) is 25.6. The van der Waals surface area contributed by atoms with E-state index in [2.05, 4.69) is 30.6 Å². The lowest BCUT2D eigenvalue weighted by Gasteiger charge is -2.30. The summed E-state index contributed by atoms with van der Waals surface area (Å²) in [7, 11) is 0. The smallest absolute Gasteiger partial charge is 0.261 e. The first-order valence-corrected chi connectivity index (χ1v) is 12.5. The van der Waals surface area contributed by atoms with Crippen molar-refractivity contribution in [2.45, 2.75) is 58.2 Å². The molecule has 2 heterocycles. The van der Waals surface area contributed by atoms with E-state index in [1.807, 2.05) is 13.8 Å². The maximum absolute atomic E-state index is 13.4. The fourth-order valence-electron chi connectivity index (χ4n) is 5.73. The Kier molecular flexibility index (Phi) is 6.71. The van der Waals surface area contributed by atoms with E-state index in [9.17, 15) is 19.6 Å². The number of nitriles is 1. The summed E-state index contributed by atoms with van der Waals surface area (Å²) >= 11 is 12.0. The van der Waals surface area contributed by atoms with Crippen LogP contribution in [0.2, 0.25) is 10.0 Å². The number of hydrogen-bond acceptors (Lipinski definition) is 5. The second-order valence-corrected chi connectivity index (χ2v) is 11.9. The van der Waals surface area contributed by atoms with Gasteiger partial charge in [0.15, 0.2) is 6.61 Å². The number of halogens is 2. The quantitative estimate of drug-likeness (QED) is 0.573. The molecule has 3 amide bonds. The number of piperidine rings is 1. The molecule has 1 aromatic carbocycles. The van der Waals surface area contributed by atoms with E-state index in [4.69, 9.17) is 27.9 Å². The lowest BCUT2D eigenvalue weighted by molar-refractivity contribution is -0.142. The van der Waals surface area contributed by atoms with Gasteiger partial charge in [-0.2, -0.15) is 5.26 Å². The minimum Gasteiger partial charge on any atom is -0.482 e. The van der Waals surface area contributed by atoms with Crippen molar-refractivity contribution in [2.24, 2.45) is 23.2 Å². The Bertz CT molecular complexity index is 1100. The second kappa shape index (κ2) is 9.18. The molecule has 8 nitrogen and oxygen atoms in total. The molecule has 0 unspecified atom stereocenters. The molecule has 4 rings (SSSR count). The number of ether oxygens (including phenoxy) is 1. The molecule has 2 N–H and O–H groups in total. The summed E-state index contributed by atoms with van der Waals surface area (Å²) in [6.45, 7) is 8.21. The Balaban J connectivity index is 1.42. The van der Waals surface area contributed by atoms with Gasteiger partial charge in [0.05, 0.1) is 11.1 Å². The number of carbonyl (C=O) groups excluding carboxylic acids is 3. The maximum Gasteiger partial charge on any atom is 0.261 e. The van der Waals surface area contributed by atoms with Crippen molar-refractivity contribution in [3.8, 4) is 11.8 Å². The number of likely N-dealkylation sites (tertiary alicyclic amines) is 1. The van der Waals surface area contributed by atoms with E-state index < -0.39 is 12.1 Å². The summed E-state index contributed by atoms with van der Waals surface area (Å²) in [4.78, 5) is 40.3. The zero-order valence-corrected chi connectivity index (χ0v) is 21.7. The van der Waals surface area contributed by atoms with E-state index in [1.54, 1.807) is 17.0 Å². The third-order valence-electron chi connectivity index (χ3n) is 7.62. The topological polar surface area (TPSA) is 112 Å². The van der Waals surface area contributed by atoms with Crippen molar-refractivity contribution < 1.29 is 19.1 Å². The predicted molar refractivity (Wildman–Crippen MR) is 131 cm³/mol. The number of hydrogen-bond donors (Lipinski definition) is 2. The molecule has 0 bridgehead atoms. The largest absolute Gasteiger partial charge is 0.482 e. The summed E-state index contributed by atoms with van der Waals surface area (Å²) < 4.78 is 5.61. The van der Waals surface area contributed by atoms with Crippen LogP contribution in [0.15, 0.2) is 18.2 Å². The van der Waals surface area contributed by atoms with Crippen LogP contribution in [0.3, 0.4) is 0 Å². The van der Waals surface area contributed by atoms with Crippen molar-refractivity contribution in [1.29, 1.82) is 5.26 Å². The molecule has 2 saturated heterocycles. The van der Waals surface area contributed by atoms with E-state index in [1.165, 1.54) is 6.07 Å². The highest BCUT2D eigenvalue weighted by molar-refractivity contribution is 6.35. The lowest BCUT2D eigenvalue weighted by atomic mass is 9.91. The van der Waals surface area contributed by atoms with Crippen LogP contribution in [-0.4, -0.2) is 53.4 Å². The molecule has 0 spiro atoms. The van der Waals surface area contributed by atoms with Gasteiger partial charge in [0.1, 0.15) is 17.8 Å². The monoisotopic (exact) mass is 520 g/mol. The average molecular weight is 521 g/mol. The molecule has 35 heavy (non-hydrogen) atoms. The molecule has 2 aliphatic heterocycles. The van der Waals surface area contributed by atoms with E-state index in [-0.39, 0.29) is 59.5 Å². The van der Waals surface area contributed by atoms with Crippen LogP contribution in [0.5, 0.6) is 5.75 Å². The van der Waals surface area contributed by atoms with Gasteiger partial charge < -0.3 is 20.3 Å². The zero-order chi connectivity index (χ0) is 25.7. The van der Waals surface area contributed by atoms with Gasteiger partial charge in [-0.15, -0.1) is 0 Å². The highest BCUT2D eigenvalue weighted by Gasteiger charge is 2.69. The van der Waals surface area contributed by atoms with Gasteiger partial charge in [0.25, 0.3) is 5.91 Å². The SMILES string of the molecule is CC1(C)C[C@@H](C[C@@H](C#N)NC(=O)[C@@H]2[C@@H]3[C@H](CN2C(=O)COc2ccc(Cl)cc2Cl)C3(C)C)C(=O)N1. The molecule has 3 fully saturated rings. The first-order chi connectivity index (χ1) is 16.3. The Labute approximate surface area is 215 Å². The van der Waals surface area contributed by atoms with E-state index in [0.717, 1.165) is 0 Å². The van der Waals surface area contributed by atoms with Gasteiger partial charge in [-0.3, -0.25) is 14.4 Å². The molecular weight excluding hydrogens is 491 g/mol. The van der Waals surface area contributed by atoms with Gasteiger partial charge in [0, 0.05) is 23.0 Å². The van der Waals surface area contributed by atoms with Gasteiger partial charge in [-0.1, -0.05) is 37.0 Å². The maximum atomic E-state index is 13.4. The van der Waals surface area contributed by atoms with Crippen molar-refractivity contribution in [3.63, 3.8) is 0 Å². The van der Waals surface area contributed by atoms with Crippen molar-refractivity contribution in [1.82, 2.24) is 15.5 Å². The van der Waals surface area contributed by atoms with Crippen molar-refractivity contribution in [2.75, 3.05) is 13.2 Å². The number of fused-ring (bicyclic) bond motifs is 1. The van der Waals surface area contributed by atoms with E-state index >= 15 is 0 Å². The molecule has 1 saturated carbocycles. The second-order valence-electron chi connectivity index (χ2n) is 11.0. The van der Waals surface area contributed by atoms with Gasteiger partial charge in [0.2, 0.25) is 11.8 Å². The number of carbonyl (C=O) groups is 3. The fraction of sp³-hybridized carbons (Fsp3) is 0.600. The number of nitrogens with zero attached hydrogens (tertiary/aromatic N) is 2. The van der Waals surface area contributed by atoms with Crippen molar-refractivity contribution in [3.05, 3.63) is 28.2 Å². The number of nitrogens with one attached hydrogen (secondary N) is 2. The highest BCUT2D eigenvalue weighted by Crippen LogP contribution is 2.64. The minimum atomic E-state index is -0.825. The molecule has 10 heteroatoms. The molecule has 0 radical (unpaired) electrons. The first-order valence-electron chi connectivity index (χ1n) is 11.7. The summed E-state index contributed by atoms with van der Waals surface area (Å²) in [5.41, 5.74) is -0.407. The van der Waals surface area contributed by atoms with Gasteiger partial charge >= 0.3 is 0 Å². The summed E-state index contributed by atoms with van der Waals surface area (Å²) in [5, 5.41) is 16.2. The van der Waals surface area contributed by atoms with Crippen LogP contribution in [0, 0.1) is 34.5 Å². The molecule has 5 atom stereocenters. The van der Waals surface area contributed by atoms with Crippen LogP contribution < -0.4 is 15.4 Å². The molecule has 1 aromatic rings. The number of amides is 3. The minimum absolute atomic E-state index is 0.00127. The highest BCUT2D eigenvalue weighted by atomic mass is 35.5. The van der Waals surface area contributed by atoms with Crippen LogP contribution in [-0.2, 0) is 14.4 Å². The van der Waals surface area contributed by atoms with E-state index in [0.29, 0.717) is 28.8 Å². The zero-order valence-electron chi connectivity index (χ0n) is 20.2. The molecule has 0 aromatic heterocycles. The molecule has 3 aliphatic rings. The number of rotatable bonds is 7. The predicted octanol–water partition coefficient (Wildman–Crippen LogP) is 3.17. The Morgan fingerprint density at radius 2 is 2.03 bits per heavy atom. The van der Waals surface area contributed by atoms with Crippen LogP contribution in [0.4, 0.5) is 0 Å². The van der Waals surface area contributed by atoms with Crippen LogP contribution in [0.25, 0.3) is 0 Å². The standard InChI is InChI=1S/C25H30Cl2N4O4/c1-24(2)9-13(22(33)30-24)7-15(10-28)29-23(34)21-20-16(25(20,3)4)11-31(21)19(32)12-35-18-6-5-14(26)8-17(18)27/h5-6,8,13,15-16,20-21H,7,9,11-12H2,1-4H3,(H,29,34)(H,30,33)/t13-,15+,16+,20+,21+/m1/s1. The van der Waals surface area contributed by atoms with Crippen LogP contribution in [0.1, 0.15) is 40.5 Å². The average Bonchev–Trinajstić information content (AvgIpc) is 3.06. The van der Waals surface area contributed by atoms with Gasteiger partial charge in [-0.05, 0) is 62.1 Å².